The minimum atomic E-state index is -0.253. The lowest BCUT2D eigenvalue weighted by molar-refractivity contribution is 0.0526. The molecule has 1 saturated heterocycles. The fraction of sp³-hybridized carbons (Fsp3) is 0.375. The summed E-state index contributed by atoms with van der Waals surface area (Å²) < 4.78 is 11.2. The SMILES string of the molecule is CCOC(=O)c1ccc2c(c1)[C@@H]1C=CC[C@@H]1[C@H](c1ccc(OC3CSC3)cc1)N2. The summed E-state index contributed by atoms with van der Waals surface area (Å²) in [6, 6.07) is 14.7. The zero-order chi connectivity index (χ0) is 19.8. The number of carbonyl (C=O) groups is 1. The number of allylic oxidation sites excluding steroid dienone is 2. The normalized spacial score (nSPS) is 24.8. The smallest absolute Gasteiger partial charge is 0.338 e. The van der Waals surface area contributed by atoms with Crippen LogP contribution in [0.5, 0.6) is 5.75 Å². The van der Waals surface area contributed by atoms with Crippen LogP contribution in [-0.2, 0) is 4.74 Å². The van der Waals surface area contributed by atoms with Crippen molar-refractivity contribution in [1.82, 2.24) is 0 Å². The minimum absolute atomic E-state index is 0.240. The molecule has 2 aromatic rings. The van der Waals surface area contributed by atoms with E-state index in [-0.39, 0.29) is 12.0 Å². The molecule has 0 amide bonds. The number of hydrogen-bond acceptors (Lipinski definition) is 5. The summed E-state index contributed by atoms with van der Waals surface area (Å²) in [5.41, 5.74) is 4.19. The van der Waals surface area contributed by atoms with Gasteiger partial charge in [-0.25, -0.2) is 4.79 Å². The van der Waals surface area contributed by atoms with Gasteiger partial charge in [-0.15, -0.1) is 0 Å². The van der Waals surface area contributed by atoms with E-state index in [2.05, 4.69) is 41.7 Å². The number of fused-ring (bicyclic) bond motifs is 3. The highest BCUT2D eigenvalue weighted by Crippen LogP contribution is 2.50. The molecule has 5 rings (SSSR count). The molecule has 1 N–H and O–H groups in total. The molecule has 0 unspecified atom stereocenters. The number of hydrogen-bond donors (Lipinski definition) is 1. The summed E-state index contributed by atoms with van der Waals surface area (Å²) >= 11 is 1.93. The number of rotatable bonds is 5. The van der Waals surface area contributed by atoms with Gasteiger partial charge >= 0.3 is 5.97 Å². The Bertz CT molecular complexity index is 936. The number of thioether (sulfide) groups is 1. The average Bonchev–Trinajstić information content (AvgIpc) is 3.21. The lowest BCUT2D eigenvalue weighted by atomic mass is 9.76. The first-order valence-electron chi connectivity index (χ1n) is 10.3. The summed E-state index contributed by atoms with van der Waals surface area (Å²) in [4.78, 5) is 12.2. The molecule has 1 aliphatic carbocycles. The molecule has 1 fully saturated rings. The van der Waals surface area contributed by atoms with E-state index in [1.807, 2.05) is 36.9 Å². The number of benzene rings is 2. The van der Waals surface area contributed by atoms with Crippen molar-refractivity contribution in [3.8, 4) is 5.75 Å². The van der Waals surface area contributed by atoms with E-state index in [9.17, 15) is 4.79 Å². The van der Waals surface area contributed by atoms with Gasteiger partial charge in [-0.2, -0.15) is 11.8 Å². The summed E-state index contributed by atoms with van der Waals surface area (Å²) in [7, 11) is 0. The Hall–Kier alpha value is -2.40. The monoisotopic (exact) mass is 407 g/mol. The van der Waals surface area contributed by atoms with Crippen LogP contribution >= 0.6 is 11.8 Å². The van der Waals surface area contributed by atoms with E-state index in [1.54, 1.807) is 0 Å². The van der Waals surface area contributed by atoms with Crippen LogP contribution in [0.15, 0.2) is 54.6 Å². The highest BCUT2D eigenvalue weighted by atomic mass is 32.2. The van der Waals surface area contributed by atoms with Crippen molar-refractivity contribution in [2.45, 2.75) is 31.4 Å². The second kappa shape index (κ2) is 7.79. The van der Waals surface area contributed by atoms with E-state index in [0.29, 0.717) is 30.1 Å². The Morgan fingerprint density at radius 2 is 2.00 bits per heavy atom. The Morgan fingerprint density at radius 1 is 1.17 bits per heavy atom. The number of carbonyl (C=O) groups excluding carboxylic acids is 1. The van der Waals surface area contributed by atoms with Crippen LogP contribution in [0.4, 0.5) is 5.69 Å². The van der Waals surface area contributed by atoms with Crippen LogP contribution in [-0.4, -0.2) is 30.2 Å². The first-order valence-corrected chi connectivity index (χ1v) is 11.5. The summed E-state index contributed by atoms with van der Waals surface area (Å²) in [5, 5.41) is 3.73. The molecule has 5 heteroatoms. The quantitative estimate of drug-likeness (QED) is 0.546. The Kier molecular flexibility index (Phi) is 5.00. The molecule has 2 aliphatic heterocycles. The molecule has 3 aliphatic rings. The fourth-order valence-corrected chi connectivity index (χ4v) is 5.06. The standard InChI is InChI=1S/C24H25NO3S/c1-2-27-24(26)16-8-11-22-21(12-16)19-4-3-5-20(19)23(25-22)15-6-9-17(10-7-15)28-18-13-29-14-18/h3-4,6-12,18-20,23,25H,2,5,13-14H2,1H3/t19-,20+,23+/m1/s1. The molecule has 0 spiro atoms. The number of anilines is 1. The molecule has 0 saturated carbocycles. The van der Waals surface area contributed by atoms with Crippen molar-refractivity contribution in [3.05, 3.63) is 71.3 Å². The fourth-order valence-electron chi connectivity index (χ4n) is 4.49. The summed E-state index contributed by atoms with van der Waals surface area (Å²) in [5.74, 6) is 3.63. The van der Waals surface area contributed by atoms with Gasteiger partial charge in [0.05, 0.1) is 18.2 Å². The van der Waals surface area contributed by atoms with Crippen molar-refractivity contribution >= 4 is 23.4 Å². The molecule has 150 valence electrons. The molecule has 29 heavy (non-hydrogen) atoms. The second-order valence-electron chi connectivity index (χ2n) is 7.84. The third-order valence-electron chi connectivity index (χ3n) is 6.02. The minimum Gasteiger partial charge on any atom is -0.489 e. The van der Waals surface area contributed by atoms with Crippen molar-refractivity contribution in [1.29, 1.82) is 0 Å². The topological polar surface area (TPSA) is 47.6 Å². The van der Waals surface area contributed by atoms with Gasteiger partial charge in [0.15, 0.2) is 0 Å². The molecular formula is C24H25NO3S. The highest BCUT2D eigenvalue weighted by molar-refractivity contribution is 8.00. The predicted molar refractivity (Wildman–Crippen MR) is 117 cm³/mol. The zero-order valence-corrected chi connectivity index (χ0v) is 17.3. The van der Waals surface area contributed by atoms with Gasteiger partial charge in [-0.3, -0.25) is 0 Å². The van der Waals surface area contributed by atoms with Gasteiger partial charge in [-0.1, -0.05) is 24.3 Å². The van der Waals surface area contributed by atoms with Crippen LogP contribution in [0.3, 0.4) is 0 Å². The van der Waals surface area contributed by atoms with Gasteiger partial charge < -0.3 is 14.8 Å². The predicted octanol–water partition coefficient (Wildman–Crippen LogP) is 5.18. The van der Waals surface area contributed by atoms with Crippen LogP contribution in [0, 0.1) is 5.92 Å². The van der Waals surface area contributed by atoms with E-state index in [1.165, 1.54) is 11.1 Å². The van der Waals surface area contributed by atoms with E-state index >= 15 is 0 Å². The van der Waals surface area contributed by atoms with Gasteiger partial charge in [-0.05, 0) is 60.7 Å². The summed E-state index contributed by atoms with van der Waals surface area (Å²) in [6.45, 7) is 2.22. The molecule has 4 nitrogen and oxygen atoms in total. The van der Waals surface area contributed by atoms with Gasteiger partial charge in [0.2, 0.25) is 0 Å². The first kappa shape index (κ1) is 18.6. The first-order chi connectivity index (χ1) is 14.2. The average molecular weight is 408 g/mol. The number of ether oxygens (including phenoxy) is 2. The molecule has 0 bridgehead atoms. The van der Waals surface area contributed by atoms with E-state index in [0.717, 1.165) is 29.4 Å². The van der Waals surface area contributed by atoms with Crippen molar-refractivity contribution in [3.63, 3.8) is 0 Å². The Morgan fingerprint density at radius 3 is 2.72 bits per heavy atom. The third kappa shape index (κ3) is 3.52. The second-order valence-corrected chi connectivity index (χ2v) is 8.92. The lowest BCUT2D eigenvalue weighted by Gasteiger charge is -2.37. The molecule has 0 aromatic heterocycles. The number of nitrogens with one attached hydrogen (secondary N) is 1. The van der Waals surface area contributed by atoms with E-state index in [4.69, 9.17) is 9.47 Å². The van der Waals surface area contributed by atoms with Crippen LogP contribution in [0.2, 0.25) is 0 Å². The maximum absolute atomic E-state index is 12.2. The van der Waals surface area contributed by atoms with Gasteiger partial charge in [0.1, 0.15) is 11.9 Å². The van der Waals surface area contributed by atoms with Crippen LogP contribution < -0.4 is 10.1 Å². The van der Waals surface area contributed by atoms with Crippen molar-refractivity contribution in [2.75, 3.05) is 23.4 Å². The molecule has 2 heterocycles. The maximum Gasteiger partial charge on any atom is 0.338 e. The molecule has 2 aromatic carbocycles. The molecule has 3 atom stereocenters. The largest absolute Gasteiger partial charge is 0.489 e. The highest BCUT2D eigenvalue weighted by Gasteiger charge is 2.38. The van der Waals surface area contributed by atoms with Crippen LogP contribution in [0.25, 0.3) is 0 Å². The third-order valence-corrected chi connectivity index (χ3v) is 7.24. The lowest BCUT2D eigenvalue weighted by Crippen LogP contribution is -2.31. The Balaban J connectivity index is 1.40. The maximum atomic E-state index is 12.2. The molecular weight excluding hydrogens is 382 g/mol. The van der Waals surface area contributed by atoms with Crippen LogP contribution in [0.1, 0.15) is 46.8 Å². The Labute approximate surface area is 175 Å². The summed E-state index contributed by atoms with van der Waals surface area (Å²) in [6.07, 6.45) is 5.95. The van der Waals surface area contributed by atoms with Crippen molar-refractivity contribution in [2.24, 2.45) is 5.92 Å². The molecule has 0 radical (unpaired) electrons. The van der Waals surface area contributed by atoms with Gasteiger partial charge in [0.25, 0.3) is 0 Å². The van der Waals surface area contributed by atoms with Gasteiger partial charge in [0, 0.05) is 23.1 Å². The zero-order valence-electron chi connectivity index (χ0n) is 16.5. The number of esters is 1. The van der Waals surface area contributed by atoms with E-state index < -0.39 is 0 Å². The van der Waals surface area contributed by atoms with Crippen molar-refractivity contribution < 1.29 is 14.3 Å².